The molecule has 6 nitrogen and oxygen atoms in total. The van der Waals surface area contributed by atoms with E-state index in [2.05, 4.69) is 5.32 Å². The van der Waals surface area contributed by atoms with Crippen molar-refractivity contribution in [2.75, 3.05) is 18.1 Å². The van der Waals surface area contributed by atoms with E-state index in [0.717, 1.165) is 5.56 Å². The van der Waals surface area contributed by atoms with E-state index in [9.17, 15) is 18.0 Å². The van der Waals surface area contributed by atoms with Gasteiger partial charge in [0.05, 0.1) is 11.5 Å². The Labute approximate surface area is 148 Å². The second-order valence-corrected chi connectivity index (χ2v) is 9.16. The van der Waals surface area contributed by atoms with Gasteiger partial charge in [0, 0.05) is 18.7 Å². The van der Waals surface area contributed by atoms with Crippen molar-refractivity contribution in [3.05, 3.63) is 35.4 Å². The molecule has 3 rings (SSSR count). The first-order valence-electron chi connectivity index (χ1n) is 8.78. The van der Waals surface area contributed by atoms with E-state index >= 15 is 0 Å². The monoisotopic (exact) mass is 364 g/mol. The summed E-state index contributed by atoms with van der Waals surface area (Å²) in [6.07, 6.45) is 1.73. The molecule has 1 saturated heterocycles. The van der Waals surface area contributed by atoms with Gasteiger partial charge in [0.1, 0.15) is 15.9 Å². The molecule has 0 saturated carbocycles. The van der Waals surface area contributed by atoms with Crippen molar-refractivity contribution in [3.63, 3.8) is 0 Å². The standard InChI is InChI=1S/C18H24N2O4S/c1-2-16(20-12-14-5-3-4-6-15(14)18(20)22)17(21)19-11-13-7-9-25(23,24)10-8-13/h3-6,13,16H,2,7-12H2,1H3,(H,19,21). The highest BCUT2D eigenvalue weighted by Gasteiger charge is 2.35. The van der Waals surface area contributed by atoms with E-state index in [1.807, 2.05) is 25.1 Å². The Morgan fingerprint density at radius 2 is 1.96 bits per heavy atom. The van der Waals surface area contributed by atoms with Crippen molar-refractivity contribution in [1.82, 2.24) is 10.2 Å². The van der Waals surface area contributed by atoms with Crippen LogP contribution in [0.5, 0.6) is 0 Å². The molecular formula is C18H24N2O4S. The normalized spacial score (nSPS) is 21.0. The quantitative estimate of drug-likeness (QED) is 0.855. The number of benzene rings is 1. The fraction of sp³-hybridized carbons (Fsp3) is 0.556. The predicted molar refractivity (Wildman–Crippen MR) is 94.8 cm³/mol. The molecule has 2 aliphatic heterocycles. The van der Waals surface area contributed by atoms with Crippen molar-refractivity contribution in [1.29, 1.82) is 0 Å². The van der Waals surface area contributed by atoms with Crippen LogP contribution in [0.3, 0.4) is 0 Å². The Hall–Kier alpha value is -1.89. The number of carbonyl (C=O) groups excluding carboxylic acids is 2. The van der Waals surface area contributed by atoms with Gasteiger partial charge >= 0.3 is 0 Å². The van der Waals surface area contributed by atoms with Crippen LogP contribution in [0.4, 0.5) is 0 Å². The van der Waals surface area contributed by atoms with Crippen LogP contribution in [0.25, 0.3) is 0 Å². The summed E-state index contributed by atoms with van der Waals surface area (Å²) >= 11 is 0. The van der Waals surface area contributed by atoms with Gasteiger partial charge < -0.3 is 10.2 Å². The van der Waals surface area contributed by atoms with E-state index in [4.69, 9.17) is 0 Å². The number of hydrogen-bond donors (Lipinski definition) is 1. The Morgan fingerprint density at radius 3 is 2.60 bits per heavy atom. The minimum Gasteiger partial charge on any atom is -0.354 e. The molecule has 1 aromatic carbocycles. The van der Waals surface area contributed by atoms with Crippen LogP contribution >= 0.6 is 0 Å². The molecule has 0 bridgehead atoms. The Kier molecular flexibility index (Phi) is 5.13. The summed E-state index contributed by atoms with van der Waals surface area (Å²) in [7, 11) is -2.89. The molecule has 2 heterocycles. The number of carbonyl (C=O) groups is 2. The molecule has 0 aromatic heterocycles. The lowest BCUT2D eigenvalue weighted by Crippen LogP contribution is -2.48. The zero-order valence-electron chi connectivity index (χ0n) is 14.4. The van der Waals surface area contributed by atoms with Gasteiger partial charge in [0.2, 0.25) is 5.91 Å². The third kappa shape index (κ3) is 3.86. The molecule has 0 aliphatic carbocycles. The number of hydrogen-bond acceptors (Lipinski definition) is 4. The molecule has 2 amide bonds. The molecule has 136 valence electrons. The SMILES string of the molecule is CCC(C(=O)NCC1CCS(=O)(=O)CC1)N1Cc2ccccc2C1=O. The van der Waals surface area contributed by atoms with E-state index in [0.29, 0.717) is 37.9 Å². The summed E-state index contributed by atoms with van der Waals surface area (Å²) in [4.78, 5) is 26.8. The molecule has 1 N–H and O–H groups in total. The smallest absolute Gasteiger partial charge is 0.255 e. The van der Waals surface area contributed by atoms with Crippen molar-refractivity contribution >= 4 is 21.7 Å². The molecule has 1 aromatic rings. The lowest BCUT2D eigenvalue weighted by molar-refractivity contribution is -0.126. The predicted octanol–water partition coefficient (Wildman–Crippen LogP) is 1.36. The van der Waals surface area contributed by atoms with Crippen LogP contribution < -0.4 is 5.32 Å². The van der Waals surface area contributed by atoms with Crippen molar-refractivity contribution in [2.45, 2.75) is 38.8 Å². The second kappa shape index (κ2) is 7.15. The summed E-state index contributed by atoms with van der Waals surface area (Å²) in [5.41, 5.74) is 1.63. The largest absolute Gasteiger partial charge is 0.354 e. The number of sulfone groups is 1. The fourth-order valence-corrected chi connectivity index (χ4v) is 5.17. The van der Waals surface area contributed by atoms with Gasteiger partial charge in [-0.05, 0) is 36.8 Å². The zero-order valence-corrected chi connectivity index (χ0v) is 15.2. The molecule has 1 unspecified atom stereocenters. The van der Waals surface area contributed by atoms with Crippen molar-refractivity contribution in [2.24, 2.45) is 5.92 Å². The first-order chi connectivity index (χ1) is 11.9. The number of amides is 2. The van der Waals surface area contributed by atoms with E-state index in [1.165, 1.54) is 0 Å². The topological polar surface area (TPSA) is 83.6 Å². The highest BCUT2D eigenvalue weighted by atomic mass is 32.2. The summed E-state index contributed by atoms with van der Waals surface area (Å²) in [6.45, 7) is 2.83. The molecule has 0 radical (unpaired) electrons. The Bertz CT molecular complexity index is 761. The number of nitrogens with zero attached hydrogens (tertiary/aromatic N) is 1. The molecule has 2 aliphatic rings. The van der Waals surface area contributed by atoms with E-state index < -0.39 is 15.9 Å². The van der Waals surface area contributed by atoms with Gasteiger partial charge in [-0.25, -0.2) is 8.42 Å². The maximum Gasteiger partial charge on any atom is 0.255 e. The lowest BCUT2D eigenvalue weighted by atomic mass is 10.0. The molecular weight excluding hydrogens is 340 g/mol. The van der Waals surface area contributed by atoms with Gasteiger partial charge in [-0.3, -0.25) is 9.59 Å². The number of fused-ring (bicyclic) bond motifs is 1. The van der Waals surface area contributed by atoms with Crippen LogP contribution in [0.1, 0.15) is 42.1 Å². The van der Waals surface area contributed by atoms with Gasteiger partial charge in [-0.1, -0.05) is 25.1 Å². The summed E-state index contributed by atoms with van der Waals surface area (Å²) in [5.74, 6) is 0.338. The summed E-state index contributed by atoms with van der Waals surface area (Å²) < 4.78 is 23.0. The van der Waals surface area contributed by atoms with Crippen molar-refractivity contribution in [3.8, 4) is 0 Å². The number of rotatable bonds is 5. The lowest BCUT2D eigenvalue weighted by Gasteiger charge is -2.27. The first kappa shape index (κ1) is 17.9. The van der Waals surface area contributed by atoms with Crippen LogP contribution in [0, 0.1) is 5.92 Å². The van der Waals surface area contributed by atoms with Gasteiger partial charge in [0.25, 0.3) is 5.91 Å². The first-order valence-corrected chi connectivity index (χ1v) is 10.6. The molecule has 25 heavy (non-hydrogen) atoms. The highest BCUT2D eigenvalue weighted by Crippen LogP contribution is 2.25. The molecule has 7 heteroatoms. The van der Waals surface area contributed by atoms with Crippen LogP contribution in [-0.2, 0) is 21.2 Å². The van der Waals surface area contributed by atoms with Crippen LogP contribution in [-0.4, -0.2) is 49.2 Å². The Balaban J connectivity index is 1.58. The van der Waals surface area contributed by atoms with Gasteiger partial charge in [-0.2, -0.15) is 0 Å². The summed E-state index contributed by atoms with van der Waals surface area (Å²) in [6, 6.07) is 6.95. The van der Waals surface area contributed by atoms with Crippen molar-refractivity contribution < 1.29 is 18.0 Å². The van der Waals surface area contributed by atoms with Gasteiger partial charge in [0.15, 0.2) is 0 Å². The maximum absolute atomic E-state index is 12.6. The maximum atomic E-state index is 12.6. The molecule has 1 fully saturated rings. The molecule has 1 atom stereocenters. The van der Waals surface area contributed by atoms with Crippen LogP contribution in [0.2, 0.25) is 0 Å². The zero-order chi connectivity index (χ0) is 18.0. The van der Waals surface area contributed by atoms with E-state index in [1.54, 1.807) is 11.0 Å². The highest BCUT2D eigenvalue weighted by molar-refractivity contribution is 7.91. The summed E-state index contributed by atoms with van der Waals surface area (Å²) in [5, 5.41) is 2.93. The van der Waals surface area contributed by atoms with Crippen LogP contribution in [0.15, 0.2) is 24.3 Å². The fourth-order valence-electron chi connectivity index (χ4n) is 3.58. The third-order valence-corrected chi connectivity index (χ3v) is 6.87. The second-order valence-electron chi connectivity index (χ2n) is 6.85. The number of nitrogens with one attached hydrogen (secondary N) is 1. The average molecular weight is 364 g/mol. The minimum atomic E-state index is -2.89. The molecule has 0 spiro atoms. The van der Waals surface area contributed by atoms with E-state index in [-0.39, 0.29) is 29.2 Å². The average Bonchev–Trinajstić information content (AvgIpc) is 2.92. The third-order valence-electron chi connectivity index (χ3n) is 5.15. The Morgan fingerprint density at radius 1 is 1.28 bits per heavy atom. The van der Waals surface area contributed by atoms with Gasteiger partial charge in [-0.15, -0.1) is 0 Å². The minimum absolute atomic E-state index is 0.0960.